The molecule has 0 N–H and O–H groups in total. The first-order valence-corrected chi connectivity index (χ1v) is 11.0. The number of esters is 1. The largest absolute Gasteiger partial charge is 0.463 e. The van der Waals surface area contributed by atoms with Crippen LogP contribution in [0.3, 0.4) is 0 Å². The van der Waals surface area contributed by atoms with Gasteiger partial charge in [0, 0.05) is 6.08 Å². The van der Waals surface area contributed by atoms with E-state index >= 15 is 0 Å². The average Bonchev–Trinajstić information content (AvgIpc) is 3.05. The molecule has 0 bridgehead atoms. The quantitative estimate of drug-likeness (QED) is 0.411. The Morgan fingerprint density at radius 2 is 2.04 bits per heavy atom. The second-order valence-electron chi connectivity index (χ2n) is 8.89. The molecule has 0 heterocycles. The van der Waals surface area contributed by atoms with Crippen molar-refractivity contribution in [1.82, 2.24) is 0 Å². The molecule has 3 nitrogen and oxygen atoms in total. The summed E-state index contributed by atoms with van der Waals surface area (Å²) in [6.45, 7) is 7.85. The fraction of sp³-hybridized carbons (Fsp3) is 0.640. The van der Waals surface area contributed by atoms with Crippen molar-refractivity contribution in [3.8, 4) is 0 Å². The van der Waals surface area contributed by atoms with Gasteiger partial charge in [-0.1, -0.05) is 56.7 Å². The Balaban J connectivity index is 1.58. The second kappa shape index (κ2) is 9.73. The highest BCUT2D eigenvalue weighted by molar-refractivity contribution is 5.81. The zero-order valence-electron chi connectivity index (χ0n) is 17.7. The van der Waals surface area contributed by atoms with Gasteiger partial charge in [0.2, 0.25) is 0 Å². The van der Waals surface area contributed by atoms with Crippen LogP contribution in [0.2, 0.25) is 0 Å². The second-order valence-corrected chi connectivity index (χ2v) is 8.89. The third-order valence-corrected chi connectivity index (χ3v) is 7.18. The molecule has 0 aromatic heterocycles. The Kier molecular flexibility index (Phi) is 7.34. The molecule has 3 heteroatoms. The van der Waals surface area contributed by atoms with E-state index in [0.717, 1.165) is 13.0 Å². The summed E-state index contributed by atoms with van der Waals surface area (Å²) >= 11 is 0. The SMILES string of the molecule is CCOC(=O)/C=C/C[C@@H](C)[C@H]1CC[C@H]2[C@@H](OCc3ccccc3)CCC[C@]12C. The molecule has 0 amide bonds. The maximum Gasteiger partial charge on any atom is 0.330 e. The molecule has 28 heavy (non-hydrogen) atoms. The highest BCUT2D eigenvalue weighted by Gasteiger charge is 2.52. The number of benzene rings is 1. The van der Waals surface area contributed by atoms with Gasteiger partial charge in [-0.2, -0.15) is 0 Å². The van der Waals surface area contributed by atoms with Crippen molar-refractivity contribution in [1.29, 1.82) is 0 Å². The van der Waals surface area contributed by atoms with Gasteiger partial charge in [0.05, 0.1) is 19.3 Å². The number of ether oxygens (including phenoxy) is 2. The minimum atomic E-state index is -0.225. The zero-order valence-corrected chi connectivity index (χ0v) is 17.7. The standard InChI is InChI=1S/C25H36O3/c1-4-27-24(26)14-8-10-19(2)21-15-16-22-23(13-9-17-25(21,22)3)28-18-20-11-6-5-7-12-20/h5-8,11-12,14,19,21-23H,4,9-10,13,15-18H2,1-3H3/b14-8+/t19-,21-,22+,23+,25-/m1/s1. The Morgan fingerprint density at radius 1 is 1.25 bits per heavy atom. The summed E-state index contributed by atoms with van der Waals surface area (Å²) in [7, 11) is 0. The fourth-order valence-electron chi connectivity index (χ4n) is 5.81. The van der Waals surface area contributed by atoms with Crippen molar-refractivity contribution in [2.45, 2.75) is 72.0 Å². The number of hydrogen-bond donors (Lipinski definition) is 0. The molecule has 0 unspecified atom stereocenters. The molecule has 0 spiro atoms. The third kappa shape index (κ3) is 4.86. The van der Waals surface area contributed by atoms with Crippen LogP contribution in [0, 0.1) is 23.2 Å². The third-order valence-electron chi connectivity index (χ3n) is 7.18. The summed E-state index contributed by atoms with van der Waals surface area (Å²) < 4.78 is 11.4. The first kappa shape index (κ1) is 21.1. The Hall–Kier alpha value is -1.61. The molecule has 154 valence electrons. The molecule has 0 saturated heterocycles. The minimum Gasteiger partial charge on any atom is -0.463 e. The molecule has 3 rings (SSSR count). The smallest absolute Gasteiger partial charge is 0.330 e. The predicted molar refractivity (Wildman–Crippen MR) is 113 cm³/mol. The van der Waals surface area contributed by atoms with Crippen LogP contribution < -0.4 is 0 Å². The summed E-state index contributed by atoms with van der Waals surface area (Å²) in [5, 5.41) is 0. The van der Waals surface area contributed by atoms with E-state index in [0.29, 0.717) is 35.9 Å². The van der Waals surface area contributed by atoms with Gasteiger partial charge in [-0.3, -0.25) is 0 Å². The van der Waals surface area contributed by atoms with E-state index in [9.17, 15) is 4.79 Å². The van der Waals surface area contributed by atoms with Crippen LogP contribution in [-0.4, -0.2) is 18.7 Å². The van der Waals surface area contributed by atoms with E-state index in [1.807, 2.05) is 13.0 Å². The lowest BCUT2D eigenvalue weighted by molar-refractivity contribution is -0.137. The van der Waals surface area contributed by atoms with Crippen LogP contribution >= 0.6 is 0 Å². The van der Waals surface area contributed by atoms with E-state index in [2.05, 4.69) is 44.2 Å². The molecular weight excluding hydrogens is 348 g/mol. The van der Waals surface area contributed by atoms with Crippen molar-refractivity contribution in [3.05, 3.63) is 48.0 Å². The van der Waals surface area contributed by atoms with Crippen LogP contribution in [0.25, 0.3) is 0 Å². The number of carbonyl (C=O) groups excluding carboxylic acids is 1. The van der Waals surface area contributed by atoms with Gasteiger partial charge in [0.1, 0.15) is 0 Å². The molecule has 1 aromatic rings. The van der Waals surface area contributed by atoms with Gasteiger partial charge in [-0.25, -0.2) is 4.79 Å². The van der Waals surface area contributed by atoms with Crippen molar-refractivity contribution < 1.29 is 14.3 Å². The van der Waals surface area contributed by atoms with Crippen LogP contribution in [0.4, 0.5) is 0 Å². The van der Waals surface area contributed by atoms with Gasteiger partial charge < -0.3 is 9.47 Å². The molecule has 2 aliphatic carbocycles. The highest BCUT2D eigenvalue weighted by Crippen LogP contribution is 2.58. The Bertz CT molecular complexity index is 653. The van der Waals surface area contributed by atoms with Crippen molar-refractivity contribution in [3.63, 3.8) is 0 Å². The molecule has 0 aliphatic heterocycles. The average molecular weight is 385 g/mol. The summed E-state index contributed by atoms with van der Waals surface area (Å²) in [6.07, 6.45) is 11.2. The number of rotatable bonds is 8. The van der Waals surface area contributed by atoms with Crippen molar-refractivity contribution in [2.75, 3.05) is 6.61 Å². The van der Waals surface area contributed by atoms with E-state index < -0.39 is 0 Å². The van der Waals surface area contributed by atoms with E-state index in [-0.39, 0.29) is 5.97 Å². The summed E-state index contributed by atoms with van der Waals surface area (Å²) in [5.41, 5.74) is 1.62. The lowest BCUT2D eigenvalue weighted by Gasteiger charge is -2.46. The molecule has 0 radical (unpaired) electrons. The molecule has 2 aliphatic rings. The summed E-state index contributed by atoms with van der Waals surface area (Å²) in [4.78, 5) is 11.5. The number of fused-ring (bicyclic) bond motifs is 1. The predicted octanol–water partition coefficient (Wildman–Crippen LogP) is 5.93. The van der Waals surface area contributed by atoms with Crippen LogP contribution in [-0.2, 0) is 20.9 Å². The first-order chi connectivity index (χ1) is 13.5. The van der Waals surface area contributed by atoms with Crippen molar-refractivity contribution >= 4 is 5.97 Å². The van der Waals surface area contributed by atoms with Gasteiger partial charge in [0.25, 0.3) is 0 Å². The fourth-order valence-corrected chi connectivity index (χ4v) is 5.81. The maximum absolute atomic E-state index is 11.5. The topological polar surface area (TPSA) is 35.5 Å². The molecule has 1 aromatic carbocycles. The van der Waals surface area contributed by atoms with E-state index in [1.165, 1.54) is 37.7 Å². The number of allylic oxidation sites excluding steroid dienone is 1. The highest BCUT2D eigenvalue weighted by atomic mass is 16.5. The van der Waals surface area contributed by atoms with Gasteiger partial charge in [-0.05, 0) is 67.8 Å². The van der Waals surface area contributed by atoms with E-state index in [4.69, 9.17) is 9.47 Å². The van der Waals surface area contributed by atoms with E-state index in [1.54, 1.807) is 6.08 Å². The molecular formula is C25H36O3. The van der Waals surface area contributed by atoms with Gasteiger partial charge in [-0.15, -0.1) is 0 Å². The normalized spacial score (nSPS) is 30.9. The lowest BCUT2D eigenvalue weighted by Crippen LogP contribution is -2.42. The minimum absolute atomic E-state index is 0.225. The van der Waals surface area contributed by atoms with Crippen LogP contribution in [0.15, 0.2) is 42.5 Å². The zero-order chi connectivity index (χ0) is 20.0. The molecule has 2 fully saturated rings. The van der Waals surface area contributed by atoms with Gasteiger partial charge in [0.15, 0.2) is 0 Å². The van der Waals surface area contributed by atoms with Crippen molar-refractivity contribution in [2.24, 2.45) is 23.2 Å². The van der Waals surface area contributed by atoms with Crippen LogP contribution in [0.5, 0.6) is 0 Å². The lowest BCUT2D eigenvalue weighted by atomic mass is 9.61. The van der Waals surface area contributed by atoms with Crippen LogP contribution in [0.1, 0.15) is 64.9 Å². The first-order valence-electron chi connectivity index (χ1n) is 11.0. The Morgan fingerprint density at radius 3 is 2.79 bits per heavy atom. The monoisotopic (exact) mass is 384 g/mol. The molecule has 2 saturated carbocycles. The Labute approximate surface area is 170 Å². The molecule has 5 atom stereocenters. The van der Waals surface area contributed by atoms with Gasteiger partial charge >= 0.3 is 5.97 Å². The summed E-state index contributed by atoms with van der Waals surface area (Å²) in [6, 6.07) is 10.5. The maximum atomic E-state index is 11.5. The number of carbonyl (C=O) groups is 1. The summed E-state index contributed by atoms with van der Waals surface area (Å²) in [5.74, 6) is 1.71. The number of hydrogen-bond acceptors (Lipinski definition) is 3.